The van der Waals surface area contributed by atoms with Crippen LogP contribution in [-0.2, 0) is 4.74 Å². The van der Waals surface area contributed by atoms with Crippen LogP contribution in [0.5, 0.6) is 0 Å². The number of nitrogens with two attached hydrogens (primary N) is 1. The van der Waals surface area contributed by atoms with E-state index in [-0.39, 0.29) is 0 Å². The van der Waals surface area contributed by atoms with Gasteiger partial charge in [0.1, 0.15) is 0 Å². The molecule has 0 spiro atoms. The number of nitrogens with one attached hydrogen (secondary N) is 1. The van der Waals surface area contributed by atoms with Crippen LogP contribution in [0.4, 0.5) is 0 Å². The average molecular weight is 228 g/mol. The summed E-state index contributed by atoms with van der Waals surface area (Å²) in [6, 6.07) is 0.618. The first-order valence-electron chi connectivity index (χ1n) is 6.85. The lowest BCUT2D eigenvalue weighted by molar-refractivity contribution is 0.0490. The molecular weight excluding hydrogens is 200 g/mol. The summed E-state index contributed by atoms with van der Waals surface area (Å²) in [5, 5.41) is 3.56. The molecule has 0 amide bonds. The van der Waals surface area contributed by atoms with Gasteiger partial charge in [-0.2, -0.15) is 0 Å². The Labute approximate surface area is 100 Å². The third-order valence-electron chi connectivity index (χ3n) is 3.39. The number of rotatable bonds is 8. The highest BCUT2D eigenvalue weighted by Crippen LogP contribution is 2.18. The minimum absolute atomic E-state index is 0.308. The molecule has 0 aliphatic carbocycles. The molecule has 0 aromatic rings. The van der Waals surface area contributed by atoms with Crippen LogP contribution in [0, 0.1) is 0 Å². The quantitative estimate of drug-likeness (QED) is 0.625. The summed E-state index contributed by atoms with van der Waals surface area (Å²) in [5.41, 5.74) is 5.59. The highest BCUT2D eigenvalue weighted by molar-refractivity contribution is 4.76. The van der Waals surface area contributed by atoms with Crippen LogP contribution in [0.1, 0.15) is 52.4 Å². The predicted molar refractivity (Wildman–Crippen MR) is 68.6 cm³/mol. The Hall–Kier alpha value is -0.120. The Morgan fingerprint density at radius 1 is 1.31 bits per heavy atom. The van der Waals surface area contributed by atoms with Gasteiger partial charge in [-0.25, -0.2) is 0 Å². The maximum absolute atomic E-state index is 5.80. The van der Waals surface area contributed by atoms with Crippen molar-refractivity contribution in [2.24, 2.45) is 5.73 Å². The van der Waals surface area contributed by atoms with Crippen LogP contribution in [0.3, 0.4) is 0 Å². The zero-order valence-electron chi connectivity index (χ0n) is 10.9. The molecule has 0 bridgehead atoms. The van der Waals surface area contributed by atoms with Gasteiger partial charge in [-0.3, -0.25) is 0 Å². The van der Waals surface area contributed by atoms with Crippen LogP contribution in [-0.4, -0.2) is 31.3 Å². The van der Waals surface area contributed by atoms with Crippen molar-refractivity contribution >= 4 is 0 Å². The van der Waals surface area contributed by atoms with E-state index in [1.807, 2.05) is 0 Å². The van der Waals surface area contributed by atoms with Crippen molar-refractivity contribution in [3.8, 4) is 0 Å². The Morgan fingerprint density at radius 3 is 2.69 bits per heavy atom. The first kappa shape index (κ1) is 13.9. The summed E-state index contributed by atoms with van der Waals surface area (Å²) in [4.78, 5) is 0. The number of ether oxygens (including phenoxy) is 1. The van der Waals surface area contributed by atoms with Gasteiger partial charge in [0.15, 0.2) is 0 Å². The van der Waals surface area contributed by atoms with E-state index in [1.54, 1.807) is 0 Å². The molecule has 1 aliphatic heterocycles. The van der Waals surface area contributed by atoms with Gasteiger partial charge in [0.2, 0.25) is 0 Å². The van der Waals surface area contributed by atoms with Gasteiger partial charge < -0.3 is 15.8 Å². The van der Waals surface area contributed by atoms with Gasteiger partial charge in [-0.15, -0.1) is 0 Å². The lowest BCUT2D eigenvalue weighted by Gasteiger charge is -2.17. The topological polar surface area (TPSA) is 47.3 Å². The Morgan fingerprint density at radius 2 is 2.06 bits per heavy atom. The molecule has 1 aliphatic rings. The van der Waals surface area contributed by atoms with Crippen molar-refractivity contribution in [2.75, 3.05) is 13.1 Å². The first-order valence-corrected chi connectivity index (χ1v) is 6.85. The summed E-state index contributed by atoms with van der Waals surface area (Å²) in [6.45, 7) is 6.18. The van der Waals surface area contributed by atoms with E-state index in [9.17, 15) is 0 Å². The van der Waals surface area contributed by atoms with E-state index in [0.717, 1.165) is 19.4 Å². The number of hydrogen-bond acceptors (Lipinski definition) is 3. The summed E-state index contributed by atoms with van der Waals surface area (Å²) in [5.74, 6) is 0. The zero-order chi connectivity index (χ0) is 11.8. The SMILES string of the molecule is CCCCCC(C)NCC1CCC(CN)O1. The molecule has 3 atom stereocenters. The third-order valence-corrected chi connectivity index (χ3v) is 3.39. The fourth-order valence-electron chi connectivity index (χ4n) is 2.24. The maximum Gasteiger partial charge on any atom is 0.0704 e. The van der Waals surface area contributed by atoms with Gasteiger partial charge in [0, 0.05) is 19.1 Å². The van der Waals surface area contributed by atoms with Crippen LogP contribution >= 0.6 is 0 Å². The van der Waals surface area contributed by atoms with E-state index in [2.05, 4.69) is 19.2 Å². The van der Waals surface area contributed by atoms with Crippen molar-refractivity contribution in [1.82, 2.24) is 5.32 Å². The van der Waals surface area contributed by atoms with Crippen molar-refractivity contribution in [3.05, 3.63) is 0 Å². The molecule has 3 unspecified atom stereocenters. The molecule has 0 saturated carbocycles. The van der Waals surface area contributed by atoms with Crippen LogP contribution in [0.25, 0.3) is 0 Å². The highest BCUT2D eigenvalue weighted by atomic mass is 16.5. The highest BCUT2D eigenvalue weighted by Gasteiger charge is 2.23. The maximum atomic E-state index is 5.80. The number of hydrogen-bond donors (Lipinski definition) is 2. The predicted octanol–water partition coefficient (Wildman–Crippen LogP) is 2.05. The average Bonchev–Trinajstić information content (AvgIpc) is 2.74. The van der Waals surface area contributed by atoms with E-state index < -0.39 is 0 Å². The van der Waals surface area contributed by atoms with Crippen molar-refractivity contribution < 1.29 is 4.74 Å². The van der Waals surface area contributed by atoms with E-state index in [4.69, 9.17) is 10.5 Å². The van der Waals surface area contributed by atoms with Crippen LogP contribution in [0.15, 0.2) is 0 Å². The molecule has 3 heteroatoms. The molecule has 3 N–H and O–H groups in total. The summed E-state index contributed by atoms with van der Waals surface area (Å²) < 4.78 is 5.80. The summed E-state index contributed by atoms with van der Waals surface area (Å²) in [7, 11) is 0. The molecule has 3 nitrogen and oxygen atoms in total. The van der Waals surface area contributed by atoms with Crippen LogP contribution < -0.4 is 11.1 Å². The molecule has 16 heavy (non-hydrogen) atoms. The van der Waals surface area contributed by atoms with Crippen LogP contribution in [0.2, 0.25) is 0 Å². The zero-order valence-corrected chi connectivity index (χ0v) is 10.9. The van der Waals surface area contributed by atoms with Gasteiger partial charge in [0.05, 0.1) is 12.2 Å². The van der Waals surface area contributed by atoms with E-state index in [0.29, 0.717) is 24.8 Å². The van der Waals surface area contributed by atoms with Gasteiger partial charge in [-0.1, -0.05) is 26.2 Å². The molecule has 1 fully saturated rings. The van der Waals surface area contributed by atoms with Gasteiger partial charge in [0.25, 0.3) is 0 Å². The van der Waals surface area contributed by atoms with Crippen molar-refractivity contribution in [1.29, 1.82) is 0 Å². The number of unbranched alkanes of at least 4 members (excludes halogenated alkanes) is 2. The fraction of sp³-hybridized carbons (Fsp3) is 1.00. The van der Waals surface area contributed by atoms with Crippen molar-refractivity contribution in [2.45, 2.75) is 70.6 Å². The van der Waals surface area contributed by atoms with Gasteiger partial charge >= 0.3 is 0 Å². The third kappa shape index (κ3) is 5.28. The second-order valence-corrected chi connectivity index (χ2v) is 5.00. The van der Waals surface area contributed by atoms with E-state index >= 15 is 0 Å². The van der Waals surface area contributed by atoms with Gasteiger partial charge in [-0.05, 0) is 26.2 Å². The Balaban J connectivity index is 2.01. The molecule has 1 rings (SSSR count). The lowest BCUT2D eigenvalue weighted by Crippen LogP contribution is -2.34. The van der Waals surface area contributed by atoms with Crippen molar-refractivity contribution in [3.63, 3.8) is 0 Å². The standard InChI is InChI=1S/C13H28N2O/c1-3-4-5-6-11(2)15-10-13-8-7-12(9-14)16-13/h11-13,15H,3-10,14H2,1-2H3. The normalized spacial score (nSPS) is 27.2. The largest absolute Gasteiger partial charge is 0.372 e. The van der Waals surface area contributed by atoms with E-state index in [1.165, 1.54) is 25.7 Å². The minimum Gasteiger partial charge on any atom is -0.372 e. The lowest BCUT2D eigenvalue weighted by atomic mass is 10.1. The summed E-state index contributed by atoms with van der Waals surface area (Å²) >= 11 is 0. The fourth-order valence-corrected chi connectivity index (χ4v) is 2.24. The summed E-state index contributed by atoms with van der Waals surface area (Å²) in [6.07, 6.45) is 8.26. The smallest absolute Gasteiger partial charge is 0.0704 e. The molecule has 0 aromatic heterocycles. The second-order valence-electron chi connectivity index (χ2n) is 5.00. The first-order chi connectivity index (χ1) is 7.76. The molecular formula is C13H28N2O. The molecule has 0 aromatic carbocycles. The Kier molecular flexibility index (Phi) is 7.01. The molecule has 1 heterocycles. The molecule has 0 radical (unpaired) electrons. The Bertz CT molecular complexity index is 175. The minimum atomic E-state index is 0.308. The molecule has 96 valence electrons. The molecule has 1 saturated heterocycles. The monoisotopic (exact) mass is 228 g/mol. The second kappa shape index (κ2) is 8.04.